The Morgan fingerprint density at radius 2 is 1.66 bits per heavy atom. The van der Waals surface area contributed by atoms with E-state index in [0.29, 0.717) is 24.5 Å². The Morgan fingerprint density at radius 1 is 1.00 bits per heavy atom. The third-order valence-corrected chi connectivity index (χ3v) is 5.42. The normalized spacial score (nSPS) is 15.7. The molecule has 1 saturated heterocycles. The van der Waals surface area contributed by atoms with E-state index in [9.17, 15) is 23.5 Å². The lowest BCUT2D eigenvalue weighted by Gasteiger charge is -2.35. The van der Waals surface area contributed by atoms with E-state index in [0.717, 1.165) is 12.1 Å². The van der Waals surface area contributed by atoms with Crippen LogP contribution in [0.3, 0.4) is 0 Å². The van der Waals surface area contributed by atoms with Crippen LogP contribution in [-0.2, 0) is 6.54 Å². The predicted molar refractivity (Wildman–Crippen MR) is 111 cm³/mol. The summed E-state index contributed by atoms with van der Waals surface area (Å²) in [5, 5.41) is 14.3. The van der Waals surface area contributed by atoms with Crippen LogP contribution in [0, 0.1) is 11.6 Å². The maximum Gasteiger partial charge on any atom is 0.441 e. The Labute approximate surface area is 182 Å². The first-order valence-corrected chi connectivity index (χ1v) is 10.2. The van der Waals surface area contributed by atoms with Crippen LogP contribution in [0.5, 0.6) is 0 Å². The molecule has 1 aliphatic heterocycles. The average molecular weight is 444 g/mol. The highest BCUT2D eigenvalue weighted by atomic mass is 19.1. The average Bonchev–Trinajstić information content (AvgIpc) is 3.14. The van der Waals surface area contributed by atoms with Gasteiger partial charge in [0.1, 0.15) is 17.2 Å². The molecule has 0 radical (unpaired) electrons. The summed E-state index contributed by atoms with van der Waals surface area (Å²) in [6.07, 6.45) is -0.888. The predicted octanol–water partition coefficient (Wildman–Crippen LogP) is 1.60. The summed E-state index contributed by atoms with van der Waals surface area (Å²) in [6.45, 7) is 1.61. The zero-order valence-electron chi connectivity index (χ0n) is 17.2. The lowest BCUT2D eigenvalue weighted by atomic mass is 10.1. The summed E-state index contributed by atoms with van der Waals surface area (Å²) in [4.78, 5) is 27.9. The number of hydrogen-bond acceptors (Lipinski definition) is 6. The van der Waals surface area contributed by atoms with Gasteiger partial charge in [0.2, 0.25) is 0 Å². The fraction of sp³-hybridized carbons (Fsp3) is 0.318. The van der Waals surface area contributed by atoms with Gasteiger partial charge in [0.15, 0.2) is 5.82 Å². The zero-order chi connectivity index (χ0) is 22.7. The van der Waals surface area contributed by atoms with E-state index >= 15 is 0 Å². The van der Waals surface area contributed by atoms with E-state index in [-0.39, 0.29) is 26.2 Å². The molecule has 1 unspecified atom stereocenters. The van der Waals surface area contributed by atoms with E-state index in [1.54, 1.807) is 12.1 Å². The van der Waals surface area contributed by atoms with Crippen molar-refractivity contribution in [3.05, 3.63) is 76.3 Å². The summed E-state index contributed by atoms with van der Waals surface area (Å²) < 4.78 is 33.9. The van der Waals surface area contributed by atoms with Gasteiger partial charge in [-0.3, -0.25) is 18.8 Å². The highest BCUT2D eigenvalue weighted by molar-refractivity contribution is 5.94. The Morgan fingerprint density at radius 3 is 2.31 bits per heavy atom. The summed E-state index contributed by atoms with van der Waals surface area (Å²) in [6, 6.07) is 12.4. The number of aliphatic hydroxyl groups is 1. The number of piperazine rings is 1. The van der Waals surface area contributed by atoms with Crippen molar-refractivity contribution in [2.45, 2.75) is 12.6 Å². The van der Waals surface area contributed by atoms with Crippen LogP contribution in [-0.4, -0.2) is 69.4 Å². The lowest BCUT2D eigenvalue weighted by Crippen LogP contribution is -2.51. The zero-order valence-corrected chi connectivity index (χ0v) is 17.2. The maximum atomic E-state index is 13.9. The van der Waals surface area contributed by atoms with Crippen LogP contribution in [0.15, 0.2) is 57.8 Å². The van der Waals surface area contributed by atoms with Crippen LogP contribution < -0.4 is 5.76 Å². The molecule has 1 fully saturated rings. The molecule has 0 saturated carbocycles. The largest absolute Gasteiger partial charge is 0.441 e. The van der Waals surface area contributed by atoms with Gasteiger partial charge < -0.3 is 10.0 Å². The fourth-order valence-corrected chi connectivity index (χ4v) is 3.78. The molecule has 1 atom stereocenters. The molecule has 0 bridgehead atoms. The molecule has 4 rings (SSSR count). The third-order valence-electron chi connectivity index (χ3n) is 5.42. The van der Waals surface area contributed by atoms with Gasteiger partial charge in [0, 0.05) is 38.3 Å². The number of aliphatic hydroxyl groups excluding tert-OH is 1. The minimum absolute atomic E-state index is 0.00779. The number of β-amino-alcohol motifs (C(OH)–C–C–N with tert-alkyl or cyclic N) is 1. The topological polar surface area (TPSA) is 91.8 Å². The van der Waals surface area contributed by atoms with Gasteiger partial charge in [0.25, 0.3) is 5.91 Å². The lowest BCUT2D eigenvalue weighted by molar-refractivity contribution is 0.0489. The number of aromatic nitrogens is 2. The van der Waals surface area contributed by atoms with Crippen molar-refractivity contribution in [3.63, 3.8) is 0 Å². The van der Waals surface area contributed by atoms with Gasteiger partial charge >= 0.3 is 5.76 Å². The van der Waals surface area contributed by atoms with Crippen LogP contribution in [0.25, 0.3) is 11.4 Å². The molecule has 1 aromatic heterocycles. The van der Waals surface area contributed by atoms with Crippen molar-refractivity contribution < 1.29 is 23.2 Å². The monoisotopic (exact) mass is 444 g/mol. The molecule has 32 heavy (non-hydrogen) atoms. The first-order chi connectivity index (χ1) is 15.4. The summed E-state index contributed by atoms with van der Waals surface area (Å²) in [7, 11) is 0. The van der Waals surface area contributed by atoms with Crippen LogP contribution >= 0.6 is 0 Å². The quantitative estimate of drug-likeness (QED) is 0.621. The van der Waals surface area contributed by atoms with Crippen LogP contribution in [0.1, 0.15) is 10.4 Å². The van der Waals surface area contributed by atoms with Gasteiger partial charge in [-0.05, 0) is 12.1 Å². The smallest absolute Gasteiger partial charge is 0.390 e. The minimum Gasteiger partial charge on any atom is -0.390 e. The molecule has 10 heteroatoms. The number of amides is 1. The van der Waals surface area contributed by atoms with E-state index in [2.05, 4.69) is 5.16 Å². The van der Waals surface area contributed by atoms with Crippen molar-refractivity contribution in [2.75, 3.05) is 32.7 Å². The summed E-state index contributed by atoms with van der Waals surface area (Å²) in [5.41, 5.74) is 0.138. The molecule has 1 N–H and O–H groups in total. The van der Waals surface area contributed by atoms with Gasteiger partial charge in [-0.1, -0.05) is 41.6 Å². The fourth-order valence-electron chi connectivity index (χ4n) is 3.78. The maximum absolute atomic E-state index is 13.9. The second kappa shape index (κ2) is 9.41. The van der Waals surface area contributed by atoms with E-state index < -0.39 is 35.0 Å². The van der Waals surface area contributed by atoms with Crippen molar-refractivity contribution in [1.82, 2.24) is 19.5 Å². The number of benzene rings is 2. The second-order valence-corrected chi connectivity index (χ2v) is 7.59. The molecule has 8 nitrogen and oxygen atoms in total. The molecule has 1 amide bonds. The molecule has 0 aliphatic carbocycles. The molecule has 1 aliphatic rings. The Hall–Kier alpha value is -3.37. The van der Waals surface area contributed by atoms with Gasteiger partial charge in [-0.25, -0.2) is 13.6 Å². The highest BCUT2D eigenvalue weighted by Crippen LogP contribution is 2.17. The van der Waals surface area contributed by atoms with Crippen molar-refractivity contribution in [1.29, 1.82) is 0 Å². The van der Waals surface area contributed by atoms with E-state index in [1.165, 1.54) is 15.5 Å². The third kappa shape index (κ3) is 4.61. The highest BCUT2D eigenvalue weighted by Gasteiger charge is 2.27. The molecule has 2 aromatic carbocycles. The first kappa shape index (κ1) is 21.8. The molecule has 2 heterocycles. The van der Waals surface area contributed by atoms with Crippen LogP contribution in [0.4, 0.5) is 8.78 Å². The number of rotatable bonds is 6. The molecule has 0 spiro atoms. The van der Waals surface area contributed by atoms with Crippen molar-refractivity contribution in [2.24, 2.45) is 0 Å². The van der Waals surface area contributed by atoms with E-state index in [4.69, 9.17) is 4.52 Å². The van der Waals surface area contributed by atoms with Crippen molar-refractivity contribution in [3.8, 4) is 11.4 Å². The second-order valence-electron chi connectivity index (χ2n) is 7.59. The van der Waals surface area contributed by atoms with Crippen LogP contribution in [0.2, 0.25) is 0 Å². The SMILES string of the molecule is O=C(c1c(F)cccc1F)N1CCN(CC(O)Cn2c(-c3ccccc3)noc2=O)CC1. The number of carbonyl (C=O) groups is 1. The van der Waals surface area contributed by atoms with Gasteiger partial charge in [-0.15, -0.1) is 0 Å². The number of nitrogens with zero attached hydrogens (tertiary/aromatic N) is 4. The number of hydrogen-bond donors (Lipinski definition) is 1. The Bertz CT molecular complexity index is 1120. The van der Waals surface area contributed by atoms with Gasteiger partial charge in [-0.2, -0.15) is 0 Å². The van der Waals surface area contributed by atoms with Crippen molar-refractivity contribution >= 4 is 5.91 Å². The Balaban J connectivity index is 1.35. The summed E-state index contributed by atoms with van der Waals surface area (Å²) in [5.74, 6) is -2.80. The molecular formula is C22H22F2N4O4. The van der Waals surface area contributed by atoms with Gasteiger partial charge in [0.05, 0.1) is 12.6 Å². The summed E-state index contributed by atoms with van der Waals surface area (Å²) >= 11 is 0. The standard InChI is InChI=1S/C22H22F2N4O4/c23-17-7-4-8-18(24)19(17)21(30)27-11-9-26(10-12-27)13-16(29)14-28-20(25-32-22(28)31)15-5-2-1-3-6-15/h1-8,16,29H,9-14H2. The molecule has 168 valence electrons. The Kier molecular flexibility index (Phi) is 6.42. The minimum atomic E-state index is -0.888. The number of carbonyl (C=O) groups excluding carboxylic acids is 1. The molecule has 3 aromatic rings. The van der Waals surface area contributed by atoms with E-state index in [1.807, 2.05) is 23.1 Å². The molecular weight excluding hydrogens is 422 g/mol. The number of halogens is 2. The first-order valence-electron chi connectivity index (χ1n) is 10.2.